The van der Waals surface area contributed by atoms with Crippen molar-refractivity contribution in [3.63, 3.8) is 0 Å². The fourth-order valence-corrected chi connectivity index (χ4v) is 2.31. The largest absolute Gasteiger partial charge is 0.383 e. The molecule has 0 radical (unpaired) electrons. The Bertz CT molecular complexity index is 523. The van der Waals surface area contributed by atoms with E-state index >= 15 is 0 Å². The highest BCUT2D eigenvalue weighted by Crippen LogP contribution is 2.11. The number of guanidine groups is 1. The van der Waals surface area contributed by atoms with Crippen molar-refractivity contribution < 1.29 is 9.53 Å². The number of carbonyl (C=O) groups excluding carboxylic acids is 1. The first-order chi connectivity index (χ1) is 11.1. The Labute approximate surface area is 146 Å². The summed E-state index contributed by atoms with van der Waals surface area (Å²) >= 11 is 3.36. The summed E-state index contributed by atoms with van der Waals surface area (Å²) in [5, 5.41) is 9.26. The zero-order chi connectivity index (χ0) is 17.1. The third kappa shape index (κ3) is 7.99. The number of aliphatic imine (C=N–C) groups is 1. The van der Waals surface area contributed by atoms with E-state index in [9.17, 15) is 4.79 Å². The van der Waals surface area contributed by atoms with Gasteiger partial charge >= 0.3 is 0 Å². The van der Waals surface area contributed by atoms with Crippen LogP contribution in [-0.4, -0.2) is 51.3 Å². The van der Waals surface area contributed by atoms with Crippen LogP contribution in [0, 0.1) is 0 Å². The van der Waals surface area contributed by atoms with Crippen molar-refractivity contribution in [2.24, 2.45) is 4.99 Å². The minimum atomic E-state index is -0.104. The van der Waals surface area contributed by atoms with Gasteiger partial charge in [-0.1, -0.05) is 22.0 Å². The van der Waals surface area contributed by atoms with Crippen molar-refractivity contribution in [2.45, 2.75) is 19.9 Å². The molecule has 0 heterocycles. The van der Waals surface area contributed by atoms with Crippen molar-refractivity contribution in [3.05, 3.63) is 34.3 Å². The average molecular weight is 385 g/mol. The van der Waals surface area contributed by atoms with Crippen LogP contribution in [0.4, 0.5) is 0 Å². The highest BCUT2D eigenvalue weighted by molar-refractivity contribution is 9.10. The molecule has 0 aromatic heterocycles. The van der Waals surface area contributed by atoms with Gasteiger partial charge in [-0.05, 0) is 32.0 Å². The molecule has 3 N–H and O–H groups in total. The third-order valence-electron chi connectivity index (χ3n) is 2.90. The number of amides is 1. The molecule has 0 saturated heterocycles. The number of hydrogen-bond donors (Lipinski definition) is 3. The van der Waals surface area contributed by atoms with E-state index in [4.69, 9.17) is 4.74 Å². The van der Waals surface area contributed by atoms with Crippen molar-refractivity contribution in [1.82, 2.24) is 16.0 Å². The average Bonchev–Trinajstić information content (AvgIpc) is 2.51. The van der Waals surface area contributed by atoms with Gasteiger partial charge < -0.3 is 20.7 Å². The minimum absolute atomic E-state index is 0.104. The maximum atomic E-state index is 12.0. The number of rotatable bonds is 8. The van der Waals surface area contributed by atoms with E-state index < -0.39 is 0 Å². The molecule has 1 aromatic rings. The molecule has 1 rings (SSSR count). The second-order valence-electron chi connectivity index (χ2n) is 5.03. The summed E-state index contributed by atoms with van der Waals surface area (Å²) in [6.45, 7) is 6.37. The molecule has 0 spiro atoms. The lowest BCUT2D eigenvalue weighted by molar-refractivity contribution is 0.0954. The molecule has 0 aliphatic rings. The second kappa shape index (κ2) is 11.0. The number of hydrogen-bond acceptors (Lipinski definition) is 3. The normalized spacial score (nSPS) is 12.6. The van der Waals surface area contributed by atoms with Gasteiger partial charge in [-0.3, -0.25) is 9.79 Å². The highest BCUT2D eigenvalue weighted by atomic mass is 79.9. The molecule has 1 unspecified atom stereocenters. The van der Waals surface area contributed by atoms with Crippen molar-refractivity contribution >= 4 is 27.8 Å². The predicted molar refractivity (Wildman–Crippen MR) is 96.9 cm³/mol. The van der Waals surface area contributed by atoms with Gasteiger partial charge in [0.2, 0.25) is 0 Å². The monoisotopic (exact) mass is 384 g/mol. The van der Waals surface area contributed by atoms with Crippen LogP contribution in [0.1, 0.15) is 24.2 Å². The summed E-state index contributed by atoms with van der Waals surface area (Å²) < 4.78 is 5.98. The van der Waals surface area contributed by atoms with Gasteiger partial charge in [0.25, 0.3) is 5.91 Å². The Morgan fingerprint density at radius 3 is 2.83 bits per heavy atom. The lowest BCUT2D eigenvalue weighted by Crippen LogP contribution is -2.44. The van der Waals surface area contributed by atoms with Crippen LogP contribution in [0.3, 0.4) is 0 Å². The Hall–Kier alpha value is -1.60. The Morgan fingerprint density at radius 2 is 2.17 bits per heavy atom. The molecule has 6 nitrogen and oxygen atoms in total. The molecule has 0 bridgehead atoms. The number of nitrogens with zero attached hydrogens (tertiary/aromatic N) is 1. The molecule has 1 amide bonds. The molecule has 1 atom stereocenters. The molecule has 0 fully saturated rings. The van der Waals surface area contributed by atoms with E-state index in [1.54, 1.807) is 19.2 Å². The van der Waals surface area contributed by atoms with Gasteiger partial charge in [-0.25, -0.2) is 0 Å². The standard InChI is InChI=1S/C16H25BrN4O2/c1-4-18-16(21-12(2)11-23-3)20-9-8-19-15(22)13-6-5-7-14(17)10-13/h5-7,10,12H,4,8-9,11H2,1-3H3,(H,19,22)(H2,18,20,21). The summed E-state index contributed by atoms with van der Waals surface area (Å²) in [6.07, 6.45) is 0. The summed E-state index contributed by atoms with van der Waals surface area (Å²) in [5.74, 6) is 0.612. The summed E-state index contributed by atoms with van der Waals surface area (Å²) in [4.78, 5) is 16.4. The van der Waals surface area contributed by atoms with Crippen LogP contribution in [0.25, 0.3) is 0 Å². The zero-order valence-electron chi connectivity index (χ0n) is 13.9. The number of carbonyl (C=O) groups is 1. The van der Waals surface area contributed by atoms with Crippen LogP contribution >= 0.6 is 15.9 Å². The Morgan fingerprint density at radius 1 is 1.39 bits per heavy atom. The van der Waals surface area contributed by atoms with E-state index in [0.717, 1.165) is 11.0 Å². The first-order valence-electron chi connectivity index (χ1n) is 7.64. The fourth-order valence-electron chi connectivity index (χ4n) is 1.91. The molecule has 128 valence electrons. The van der Waals surface area contributed by atoms with Gasteiger partial charge in [0.1, 0.15) is 0 Å². The van der Waals surface area contributed by atoms with Gasteiger partial charge in [0.05, 0.1) is 13.2 Å². The lowest BCUT2D eigenvalue weighted by atomic mass is 10.2. The smallest absolute Gasteiger partial charge is 0.251 e. The van der Waals surface area contributed by atoms with Crippen molar-refractivity contribution in [2.75, 3.05) is 33.4 Å². The van der Waals surface area contributed by atoms with Crippen molar-refractivity contribution in [3.8, 4) is 0 Å². The first kappa shape index (κ1) is 19.4. The van der Waals surface area contributed by atoms with Crippen molar-refractivity contribution in [1.29, 1.82) is 0 Å². The van der Waals surface area contributed by atoms with Gasteiger partial charge in [0, 0.05) is 36.3 Å². The van der Waals surface area contributed by atoms with Gasteiger partial charge in [-0.2, -0.15) is 0 Å². The summed E-state index contributed by atoms with van der Waals surface area (Å²) in [5.41, 5.74) is 0.627. The second-order valence-corrected chi connectivity index (χ2v) is 5.94. The Balaban J connectivity index is 2.43. The van der Waals surface area contributed by atoms with Crippen LogP contribution < -0.4 is 16.0 Å². The van der Waals surface area contributed by atoms with Crippen LogP contribution in [0.2, 0.25) is 0 Å². The van der Waals surface area contributed by atoms with E-state index in [1.807, 2.05) is 26.0 Å². The maximum Gasteiger partial charge on any atom is 0.251 e. The molecule has 23 heavy (non-hydrogen) atoms. The number of methoxy groups -OCH3 is 1. The highest BCUT2D eigenvalue weighted by Gasteiger charge is 2.06. The molecular weight excluding hydrogens is 360 g/mol. The quantitative estimate of drug-likeness (QED) is 0.362. The maximum absolute atomic E-state index is 12.0. The Kier molecular flexibility index (Phi) is 9.31. The molecule has 0 saturated carbocycles. The lowest BCUT2D eigenvalue weighted by Gasteiger charge is -2.17. The molecular formula is C16H25BrN4O2. The minimum Gasteiger partial charge on any atom is -0.383 e. The molecule has 0 aliphatic carbocycles. The molecule has 7 heteroatoms. The van der Waals surface area contributed by atoms with E-state index in [0.29, 0.717) is 31.2 Å². The van der Waals surface area contributed by atoms with Gasteiger partial charge in [0.15, 0.2) is 5.96 Å². The zero-order valence-corrected chi connectivity index (χ0v) is 15.4. The number of benzene rings is 1. The number of halogens is 1. The van der Waals surface area contributed by atoms with E-state index in [1.165, 1.54) is 0 Å². The summed E-state index contributed by atoms with van der Waals surface area (Å²) in [7, 11) is 1.67. The van der Waals surface area contributed by atoms with Crippen LogP contribution in [0.15, 0.2) is 33.7 Å². The SMILES string of the molecule is CCNC(=NCCNC(=O)c1cccc(Br)c1)NC(C)COC. The van der Waals surface area contributed by atoms with E-state index in [2.05, 4.69) is 36.9 Å². The van der Waals surface area contributed by atoms with E-state index in [-0.39, 0.29) is 11.9 Å². The van der Waals surface area contributed by atoms with Gasteiger partial charge in [-0.15, -0.1) is 0 Å². The fraction of sp³-hybridized carbons (Fsp3) is 0.500. The molecule has 1 aromatic carbocycles. The third-order valence-corrected chi connectivity index (χ3v) is 3.39. The number of nitrogens with one attached hydrogen (secondary N) is 3. The van der Waals surface area contributed by atoms with Crippen LogP contribution in [-0.2, 0) is 4.74 Å². The topological polar surface area (TPSA) is 74.8 Å². The van der Waals surface area contributed by atoms with Crippen LogP contribution in [0.5, 0.6) is 0 Å². The predicted octanol–water partition coefficient (Wildman–Crippen LogP) is 1.77. The molecule has 0 aliphatic heterocycles. The number of ether oxygens (including phenoxy) is 1. The summed E-state index contributed by atoms with van der Waals surface area (Å²) in [6, 6.07) is 7.45. The first-order valence-corrected chi connectivity index (χ1v) is 8.43.